The van der Waals surface area contributed by atoms with Crippen LogP contribution < -0.4 is 10.3 Å². The van der Waals surface area contributed by atoms with E-state index in [0.717, 1.165) is 46.7 Å². The first kappa shape index (κ1) is 18.4. The molecule has 1 aliphatic rings. The van der Waals surface area contributed by atoms with Crippen molar-refractivity contribution in [2.24, 2.45) is 0 Å². The Hall–Kier alpha value is -3.33. The summed E-state index contributed by atoms with van der Waals surface area (Å²) in [7, 11) is 2.22. The van der Waals surface area contributed by atoms with Crippen LogP contribution in [0.15, 0.2) is 52.9 Å². The van der Waals surface area contributed by atoms with E-state index >= 15 is 0 Å². The predicted molar refractivity (Wildman–Crippen MR) is 130 cm³/mol. The van der Waals surface area contributed by atoms with Crippen LogP contribution in [0.1, 0.15) is 30.0 Å². The smallest absolute Gasteiger partial charge is 0.142 e. The molecule has 5 aromatic rings. The Balaban J connectivity index is 1.81. The SMILES string of the molecule is CCc1c2c(cc3c1ccc1c(C)c4ccc5cc(=N)ccc5c4oc13)CCCN2C. The van der Waals surface area contributed by atoms with E-state index in [1.165, 1.54) is 45.0 Å². The molecule has 0 atom stereocenters. The van der Waals surface area contributed by atoms with E-state index in [0.29, 0.717) is 5.36 Å². The Morgan fingerprint density at radius 1 is 0.903 bits per heavy atom. The van der Waals surface area contributed by atoms with Gasteiger partial charge in [-0.3, -0.25) is 0 Å². The number of nitrogens with one attached hydrogen (secondary N) is 1. The molecule has 0 aliphatic carbocycles. The van der Waals surface area contributed by atoms with Gasteiger partial charge in [0.1, 0.15) is 11.2 Å². The van der Waals surface area contributed by atoms with Gasteiger partial charge in [-0.25, -0.2) is 0 Å². The summed E-state index contributed by atoms with van der Waals surface area (Å²) >= 11 is 0. The van der Waals surface area contributed by atoms with E-state index in [1.807, 2.05) is 18.2 Å². The van der Waals surface area contributed by atoms with Crippen molar-refractivity contribution in [3.8, 4) is 0 Å². The molecule has 0 fully saturated rings. The lowest BCUT2D eigenvalue weighted by molar-refractivity contribution is 0.667. The standard InChI is InChI=1S/C28H26N2O/c1-4-20-24-12-11-22-16(2)21-9-7-17-14-19(29)8-10-23(17)27(21)31-28(22)25(24)15-18-6-5-13-30(3)26(18)20/h7-12,14-15,29H,4-6,13H2,1-3H3. The van der Waals surface area contributed by atoms with E-state index in [4.69, 9.17) is 9.83 Å². The van der Waals surface area contributed by atoms with Gasteiger partial charge in [-0.1, -0.05) is 31.2 Å². The molecule has 2 heterocycles. The quantitative estimate of drug-likeness (QED) is 0.251. The molecule has 6 rings (SSSR count). The van der Waals surface area contributed by atoms with Gasteiger partial charge in [-0.2, -0.15) is 0 Å². The average molecular weight is 407 g/mol. The normalized spacial score (nSPS) is 14.1. The highest BCUT2D eigenvalue weighted by atomic mass is 16.3. The number of benzene rings is 4. The van der Waals surface area contributed by atoms with Crippen molar-refractivity contribution in [3.63, 3.8) is 0 Å². The minimum absolute atomic E-state index is 0.526. The number of hydrogen-bond acceptors (Lipinski definition) is 3. The van der Waals surface area contributed by atoms with Crippen molar-refractivity contribution in [1.82, 2.24) is 0 Å². The highest BCUT2D eigenvalue weighted by Crippen LogP contribution is 2.41. The van der Waals surface area contributed by atoms with Gasteiger partial charge >= 0.3 is 0 Å². The molecule has 0 spiro atoms. The van der Waals surface area contributed by atoms with Gasteiger partial charge in [0, 0.05) is 40.8 Å². The molecule has 3 heteroatoms. The third kappa shape index (κ3) is 2.56. The Morgan fingerprint density at radius 3 is 2.42 bits per heavy atom. The maximum absolute atomic E-state index is 7.98. The second-order valence-corrected chi connectivity index (χ2v) is 8.88. The van der Waals surface area contributed by atoms with Gasteiger partial charge in [0.25, 0.3) is 0 Å². The first-order chi connectivity index (χ1) is 15.1. The minimum atomic E-state index is 0.526. The topological polar surface area (TPSA) is 40.2 Å². The van der Waals surface area contributed by atoms with Crippen LogP contribution in [-0.2, 0) is 12.8 Å². The van der Waals surface area contributed by atoms with Gasteiger partial charge in [-0.15, -0.1) is 0 Å². The van der Waals surface area contributed by atoms with Crippen molar-refractivity contribution in [1.29, 1.82) is 5.41 Å². The fourth-order valence-electron chi connectivity index (χ4n) is 5.57. The van der Waals surface area contributed by atoms with Crippen LogP contribution in [0.2, 0.25) is 0 Å². The third-order valence-electron chi connectivity index (χ3n) is 7.09. The van der Waals surface area contributed by atoms with Crippen LogP contribution in [0, 0.1) is 12.3 Å². The Morgan fingerprint density at radius 2 is 1.61 bits per heavy atom. The maximum Gasteiger partial charge on any atom is 0.142 e. The molecule has 31 heavy (non-hydrogen) atoms. The zero-order chi connectivity index (χ0) is 21.3. The van der Waals surface area contributed by atoms with E-state index in [2.05, 4.69) is 56.1 Å². The molecule has 0 saturated heterocycles. The van der Waals surface area contributed by atoms with E-state index in [1.54, 1.807) is 0 Å². The van der Waals surface area contributed by atoms with Gasteiger partial charge < -0.3 is 14.7 Å². The van der Waals surface area contributed by atoms with Gasteiger partial charge in [0.15, 0.2) is 0 Å². The third-order valence-corrected chi connectivity index (χ3v) is 7.09. The number of aryl methyl sites for hydroxylation is 3. The molecule has 0 radical (unpaired) electrons. The molecule has 1 aliphatic heterocycles. The molecule has 154 valence electrons. The van der Waals surface area contributed by atoms with Gasteiger partial charge in [0.05, 0.1) is 5.36 Å². The molecule has 0 unspecified atom stereocenters. The van der Waals surface area contributed by atoms with E-state index < -0.39 is 0 Å². The number of anilines is 1. The molecule has 1 N–H and O–H groups in total. The zero-order valence-corrected chi connectivity index (χ0v) is 18.3. The maximum atomic E-state index is 7.98. The van der Waals surface area contributed by atoms with Crippen molar-refractivity contribution >= 4 is 49.2 Å². The Kier molecular flexibility index (Phi) is 3.92. The Labute approximate surface area is 181 Å². The van der Waals surface area contributed by atoms with Crippen LogP contribution in [0.5, 0.6) is 0 Å². The summed E-state index contributed by atoms with van der Waals surface area (Å²) in [6, 6.07) is 16.9. The lowest BCUT2D eigenvalue weighted by Crippen LogP contribution is -2.26. The van der Waals surface area contributed by atoms with Gasteiger partial charge in [0.2, 0.25) is 0 Å². The van der Waals surface area contributed by atoms with Crippen LogP contribution >= 0.6 is 0 Å². The number of rotatable bonds is 1. The van der Waals surface area contributed by atoms with Crippen LogP contribution in [0.25, 0.3) is 43.5 Å². The summed E-state index contributed by atoms with van der Waals surface area (Å²) in [6.07, 6.45) is 3.33. The van der Waals surface area contributed by atoms with Crippen LogP contribution in [-0.4, -0.2) is 13.6 Å². The van der Waals surface area contributed by atoms with E-state index in [9.17, 15) is 0 Å². The van der Waals surface area contributed by atoms with Crippen molar-refractivity contribution in [2.45, 2.75) is 33.1 Å². The van der Waals surface area contributed by atoms with Crippen LogP contribution in [0.3, 0.4) is 0 Å². The second-order valence-electron chi connectivity index (χ2n) is 8.88. The summed E-state index contributed by atoms with van der Waals surface area (Å²) < 4.78 is 6.74. The highest BCUT2D eigenvalue weighted by Gasteiger charge is 2.21. The van der Waals surface area contributed by atoms with Crippen molar-refractivity contribution in [3.05, 3.63) is 70.6 Å². The number of fused-ring (bicyclic) bond motifs is 7. The predicted octanol–water partition coefficient (Wildman–Crippen LogP) is 6.63. The fraction of sp³-hybridized carbons (Fsp3) is 0.250. The summed E-state index contributed by atoms with van der Waals surface area (Å²) in [6.45, 7) is 5.58. The molecule has 0 amide bonds. The minimum Gasteiger partial charge on any atom is -0.455 e. The van der Waals surface area contributed by atoms with Crippen molar-refractivity contribution < 1.29 is 4.42 Å². The molecule has 1 aromatic heterocycles. The highest BCUT2D eigenvalue weighted by molar-refractivity contribution is 6.14. The Bertz CT molecular complexity index is 1590. The largest absolute Gasteiger partial charge is 0.455 e. The number of nitrogens with zero attached hydrogens (tertiary/aromatic N) is 1. The second kappa shape index (κ2) is 6.58. The van der Waals surface area contributed by atoms with Gasteiger partial charge in [-0.05, 0) is 77.9 Å². The summed E-state index contributed by atoms with van der Waals surface area (Å²) in [5.41, 5.74) is 7.45. The van der Waals surface area contributed by atoms with E-state index in [-0.39, 0.29) is 0 Å². The fourth-order valence-corrected chi connectivity index (χ4v) is 5.57. The molecular formula is C28H26N2O. The molecular weight excluding hydrogens is 380 g/mol. The lowest BCUT2D eigenvalue weighted by Gasteiger charge is -2.31. The lowest BCUT2D eigenvalue weighted by atomic mass is 9.90. The number of hydrogen-bond donors (Lipinski definition) is 1. The molecule has 3 nitrogen and oxygen atoms in total. The summed E-state index contributed by atoms with van der Waals surface area (Å²) in [5, 5.41) is 15.5. The zero-order valence-electron chi connectivity index (χ0n) is 18.3. The first-order valence-corrected chi connectivity index (χ1v) is 11.2. The summed E-state index contributed by atoms with van der Waals surface area (Å²) in [4.78, 5) is 2.43. The molecule has 0 bridgehead atoms. The van der Waals surface area contributed by atoms with Crippen molar-refractivity contribution in [2.75, 3.05) is 18.5 Å². The first-order valence-electron chi connectivity index (χ1n) is 11.2. The molecule has 4 aromatic carbocycles. The molecule has 0 saturated carbocycles. The van der Waals surface area contributed by atoms with Crippen LogP contribution in [0.4, 0.5) is 5.69 Å². The average Bonchev–Trinajstić information content (AvgIpc) is 2.77. The summed E-state index contributed by atoms with van der Waals surface area (Å²) in [5.74, 6) is 0. The monoisotopic (exact) mass is 406 g/mol.